The molecule has 0 bridgehead atoms. The highest BCUT2D eigenvalue weighted by Gasteiger charge is 2.20. The summed E-state index contributed by atoms with van der Waals surface area (Å²) in [5.41, 5.74) is -1.40. The van der Waals surface area contributed by atoms with E-state index in [4.69, 9.17) is 10.2 Å². The number of carbonyl (C=O) groups excluding carboxylic acids is 1. The van der Waals surface area contributed by atoms with Crippen LogP contribution < -0.4 is 5.32 Å². The first-order valence-electron chi connectivity index (χ1n) is 4.03. The van der Waals surface area contributed by atoms with Gasteiger partial charge in [-0.05, 0) is 0 Å². The van der Waals surface area contributed by atoms with Crippen molar-refractivity contribution in [3.8, 4) is 0 Å². The molecule has 8 nitrogen and oxygen atoms in total. The second kappa shape index (κ2) is 4.34. The van der Waals surface area contributed by atoms with Crippen LogP contribution in [0.5, 0.6) is 0 Å². The Morgan fingerprint density at radius 3 is 2.19 bits per heavy atom. The lowest BCUT2D eigenvalue weighted by atomic mass is 10.3. The number of nitrogens with zero attached hydrogens (tertiary/aromatic N) is 2. The van der Waals surface area contributed by atoms with E-state index >= 15 is 0 Å². The van der Waals surface area contributed by atoms with Crippen LogP contribution >= 0.6 is 0 Å². The van der Waals surface area contributed by atoms with E-state index in [0.717, 1.165) is 6.20 Å². The molecule has 0 aliphatic carbocycles. The number of anilines is 1. The number of carboxylic acids is 2. The van der Waals surface area contributed by atoms with Crippen molar-refractivity contribution in [3.05, 3.63) is 17.6 Å². The molecule has 1 rings (SSSR count). The second-order valence-electron chi connectivity index (χ2n) is 2.74. The summed E-state index contributed by atoms with van der Waals surface area (Å²) in [5, 5.41) is 19.5. The number of nitrogens with one attached hydrogen (secondary N) is 1. The summed E-state index contributed by atoms with van der Waals surface area (Å²) in [6, 6.07) is 0. The fourth-order valence-corrected chi connectivity index (χ4v) is 0.935. The number of carboxylic acid groups (broad SMARTS) is 2. The Labute approximate surface area is 89.0 Å². The summed E-state index contributed by atoms with van der Waals surface area (Å²) in [6.45, 7) is 1.20. The van der Waals surface area contributed by atoms with Crippen molar-refractivity contribution in [1.82, 2.24) is 9.97 Å². The molecule has 0 aliphatic rings. The lowest BCUT2D eigenvalue weighted by molar-refractivity contribution is -0.114. The van der Waals surface area contributed by atoms with Crippen molar-refractivity contribution in [3.63, 3.8) is 0 Å². The fourth-order valence-electron chi connectivity index (χ4n) is 0.935. The predicted molar refractivity (Wildman–Crippen MR) is 50.3 cm³/mol. The van der Waals surface area contributed by atoms with Crippen molar-refractivity contribution >= 4 is 23.7 Å². The summed E-state index contributed by atoms with van der Waals surface area (Å²) in [4.78, 5) is 38.8. The molecule has 0 atom stereocenters. The molecule has 1 heterocycles. The highest BCUT2D eigenvalue weighted by Crippen LogP contribution is 2.08. The Morgan fingerprint density at radius 1 is 1.19 bits per heavy atom. The van der Waals surface area contributed by atoms with Crippen LogP contribution in [-0.4, -0.2) is 38.0 Å². The zero-order chi connectivity index (χ0) is 12.3. The third-order valence-corrected chi connectivity index (χ3v) is 1.48. The zero-order valence-electron chi connectivity index (χ0n) is 8.09. The molecule has 1 aromatic heterocycles. The molecule has 0 radical (unpaired) electrons. The zero-order valence-corrected chi connectivity index (χ0v) is 8.09. The van der Waals surface area contributed by atoms with Gasteiger partial charge in [0.15, 0.2) is 17.2 Å². The number of hydrogen-bond donors (Lipinski definition) is 3. The van der Waals surface area contributed by atoms with Gasteiger partial charge >= 0.3 is 11.9 Å². The number of aromatic carboxylic acids is 2. The van der Waals surface area contributed by atoms with Gasteiger partial charge < -0.3 is 15.5 Å². The maximum absolute atomic E-state index is 10.7. The summed E-state index contributed by atoms with van der Waals surface area (Å²) in [7, 11) is 0. The van der Waals surface area contributed by atoms with Crippen LogP contribution in [0.15, 0.2) is 6.20 Å². The molecule has 0 aromatic carbocycles. The van der Waals surface area contributed by atoms with Crippen LogP contribution in [0, 0.1) is 0 Å². The van der Waals surface area contributed by atoms with E-state index in [1.165, 1.54) is 6.92 Å². The third kappa shape index (κ3) is 2.50. The Hall–Kier alpha value is -2.51. The summed E-state index contributed by atoms with van der Waals surface area (Å²) < 4.78 is 0. The first kappa shape index (κ1) is 11.6. The first-order chi connectivity index (χ1) is 7.41. The standard InChI is InChI=1S/C8H7N3O5/c1-3(12)10-4-2-9-5(7(13)14)6(11-4)8(15)16/h2H,1H3,(H,13,14)(H,15,16)(H,10,11,12). The van der Waals surface area contributed by atoms with Gasteiger partial charge in [-0.25, -0.2) is 19.6 Å². The predicted octanol–water partition coefficient (Wildman–Crippen LogP) is -0.169. The molecule has 0 spiro atoms. The van der Waals surface area contributed by atoms with Crippen LogP contribution in [0.4, 0.5) is 5.82 Å². The molecule has 84 valence electrons. The van der Waals surface area contributed by atoms with Gasteiger partial charge in [-0.3, -0.25) is 4.79 Å². The highest BCUT2D eigenvalue weighted by molar-refractivity contribution is 5.99. The monoisotopic (exact) mass is 225 g/mol. The quantitative estimate of drug-likeness (QED) is 0.651. The second-order valence-corrected chi connectivity index (χ2v) is 2.74. The van der Waals surface area contributed by atoms with E-state index in [1.54, 1.807) is 0 Å². The average molecular weight is 225 g/mol. The number of carbonyl (C=O) groups is 3. The van der Waals surface area contributed by atoms with Crippen molar-refractivity contribution in [2.45, 2.75) is 6.92 Å². The Balaban J connectivity index is 3.22. The first-order valence-corrected chi connectivity index (χ1v) is 4.03. The summed E-state index contributed by atoms with van der Waals surface area (Å²) >= 11 is 0. The molecular weight excluding hydrogens is 218 g/mol. The maximum Gasteiger partial charge on any atom is 0.357 e. The summed E-state index contributed by atoms with van der Waals surface area (Å²) in [6.07, 6.45) is 0.970. The van der Waals surface area contributed by atoms with Crippen molar-refractivity contribution in [1.29, 1.82) is 0 Å². The van der Waals surface area contributed by atoms with Gasteiger partial charge in [0, 0.05) is 6.92 Å². The molecule has 1 aromatic rings. The van der Waals surface area contributed by atoms with Gasteiger partial charge in [0.25, 0.3) is 0 Å². The molecule has 0 saturated carbocycles. The lowest BCUT2D eigenvalue weighted by Gasteiger charge is -2.03. The molecule has 0 aliphatic heterocycles. The molecule has 0 unspecified atom stereocenters. The molecule has 1 amide bonds. The van der Waals surface area contributed by atoms with Gasteiger partial charge in [-0.15, -0.1) is 0 Å². The molecule has 8 heteroatoms. The van der Waals surface area contributed by atoms with Crippen LogP contribution in [-0.2, 0) is 4.79 Å². The minimum atomic E-state index is -1.53. The minimum Gasteiger partial charge on any atom is -0.476 e. The molecule has 16 heavy (non-hydrogen) atoms. The fraction of sp³-hybridized carbons (Fsp3) is 0.125. The van der Waals surface area contributed by atoms with E-state index in [9.17, 15) is 14.4 Å². The smallest absolute Gasteiger partial charge is 0.357 e. The number of amides is 1. The van der Waals surface area contributed by atoms with Gasteiger partial charge in [0.1, 0.15) is 0 Å². The van der Waals surface area contributed by atoms with E-state index in [2.05, 4.69) is 15.3 Å². The topological polar surface area (TPSA) is 129 Å². The van der Waals surface area contributed by atoms with Crippen molar-refractivity contribution in [2.75, 3.05) is 5.32 Å². The van der Waals surface area contributed by atoms with Crippen LogP contribution in [0.1, 0.15) is 27.9 Å². The SMILES string of the molecule is CC(=O)Nc1cnc(C(=O)O)c(C(=O)O)n1. The number of aromatic nitrogens is 2. The highest BCUT2D eigenvalue weighted by atomic mass is 16.4. The molecule has 0 fully saturated rings. The molecular formula is C8H7N3O5. The maximum atomic E-state index is 10.7. The Kier molecular flexibility index (Phi) is 3.14. The third-order valence-electron chi connectivity index (χ3n) is 1.48. The average Bonchev–Trinajstić information content (AvgIpc) is 2.16. The van der Waals surface area contributed by atoms with Gasteiger partial charge in [-0.1, -0.05) is 0 Å². The Morgan fingerprint density at radius 2 is 1.75 bits per heavy atom. The van der Waals surface area contributed by atoms with Crippen LogP contribution in [0.3, 0.4) is 0 Å². The molecule has 0 saturated heterocycles. The van der Waals surface area contributed by atoms with Gasteiger partial charge in [0.2, 0.25) is 5.91 Å². The van der Waals surface area contributed by atoms with Crippen molar-refractivity contribution < 1.29 is 24.6 Å². The largest absolute Gasteiger partial charge is 0.476 e. The Bertz CT molecular complexity index is 471. The van der Waals surface area contributed by atoms with E-state index < -0.39 is 29.2 Å². The minimum absolute atomic E-state index is 0.116. The van der Waals surface area contributed by atoms with Gasteiger partial charge in [-0.2, -0.15) is 0 Å². The van der Waals surface area contributed by atoms with E-state index in [0.29, 0.717) is 0 Å². The van der Waals surface area contributed by atoms with Gasteiger partial charge in [0.05, 0.1) is 6.20 Å². The number of rotatable bonds is 3. The lowest BCUT2D eigenvalue weighted by Crippen LogP contribution is -2.16. The number of hydrogen-bond acceptors (Lipinski definition) is 5. The summed E-state index contributed by atoms with van der Waals surface area (Å²) in [5.74, 6) is -3.61. The van der Waals surface area contributed by atoms with Crippen LogP contribution in [0.25, 0.3) is 0 Å². The normalized spacial score (nSPS) is 9.56. The van der Waals surface area contributed by atoms with E-state index in [-0.39, 0.29) is 5.82 Å². The van der Waals surface area contributed by atoms with Crippen molar-refractivity contribution in [2.24, 2.45) is 0 Å². The van der Waals surface area contributed by atoms with E-state index in [1.807, 2.05) is 0 Å². The molecule has 3 N–H and O–H groups in total. The van der Waals surface area contributed by atoms with Crippen LogP contribution in [0.2, 0.25) is 0 Å².